The Balaban J connectivity index is 1.65. The quantitative estimate of drug-likeness (QED) is 0.842. The van der Waals surface area contributed by atoms with Gasteiger partial charge in [-0.05, 0) is 44.0 Å². The molecule has 0 radical (unpaired) electrons. The van der Waals surface area contributed by atoms with Crippen molar-refractivity contribution >= 4 is 5.91 Å². The van der Waals surface area contributed by atoms with E-state index < -0.39 is 0 Å². The van der Waals surface area contributed by atoms with Crippen LogP contribution in [0.2, 0.25) is 0 Å². The maximum atomic E-state index is 11.9. The Morgan fingerprint density at radius 2 is 1.91 bits per heavy atom. The van der Waals surface area contributed by atoms with Crippen LogP contribution in [0, 0.1) is 0 Å². The van der Waals surface area contributed by atoms with Gasteiger partial charge in [-0.25, -0.2) is 0 Å². The summed E-state index contributed by atoms with van der Waals surface area (Å²) in [7, 11) is 1.68. The van der Waals surface area contributed by atoms with Crippen molar-refractivity contribution in [2.75, 3.05) is 33.3 Å². The SMILES string of the molecule is COc1ccccc1CCNC(=O)CCN1CCCCCC1. The Bertz CT molecular complexity index is 454. The minimum atomic E-state index is 0.152. The average Bonchev–Trinajstić information content (AvgIpc) is 2.82. The summed E-state index contributed by atoms with van der Waals surface area (Å²) in [6.07, 6.45) is 6.62. The molecule has 0 spiro atoms. The van der Waals surface area contributed by atoms with Crippen LogP contribution in [0.3, 0.4) is 0 Å². The first-order valence-corrected chi connectivity index (χ1v) is 8.40. The highest BCUT2D eigenvalue weighted by atomic mass is 16.5. The molecular formula is C18H28N2O2. The Kier molecular flexibility index (Phi) is 7.23. The Morgan fingerprint density at radius 3 is 2.64 bits per heavy atom. The number of hydrogen-bond donors (Lipinski definition) is 1. The standard InChI is InChI=1S/C18H28N2O2/c1-22-17-9-5-4-8-16(17)10-12-19-18(21)11-15-20-13-6-2-3-7-14-20/h4-5,8-9H,2-3,6-7,10-15H2,1H3,(H,19,21). The highest BCUT2D eigenvalue weighted by Crippen LogP contribution is 2.17. The van der Waals surface area contributed by atoms with E-state index in [1.807, 2.05) is 24.3 Å². The lowest BCUT2D eigenvalue weighted by molar-refractivity contribution is -0.121. The molecule has 0 aromatic heterocycles. The number of carbonyl (C=O) groups is 1. The molecule has 0 bridgehead atoms. The van der Waals surface area contributed by atoms with Crippen molar-refractivity contribution in [1.82, 2.24) is 10.2 Å². The smallest absolute Gasteiger partial charge is 0.221 e. The number of hydrogen-bond acceptors (Lipinski definition) is 3. The summed E-state index contributed by atoms with van der Waals surface area (Å²) in [5.74, 6) is 1.04. The molecule has 4 heteroatoms. The molecule has 22 heavy (non-hydrogen) atoms. The normalized spacial score (nSPS) is 16.0. The van der Waals surface area contributed by atoms with Crippen LogP contribution < -0.4 is 10.1 Å². The van der Waals surface area contributed by atoms with Gasteiger partial charge < -0.3 is 15.0 Å². The van der Waals surface area contributed by atoms with Crippen LogP contribution in [0.25, 0.3) is 0 Å². The molecule has 1 aromatic rings. The van der Waals surface area contributed by atoms with E-state index in [2.05, 4.69) is 10.2 Å². The zero-order chi connectivity index (χ0) is 15.6. The second-order valence-corrected chi connectivity index (χ2v) is 5.92. The van der Waals surface area contributed by atoms with Crippen LogP contribution in [0.15, 0.2) is 24.3 Å². The van der Waals surface area contributed by atoms with Gasteiger partial charge in [0.05, 0.1) is 7.11 Å². The highest BCUT2D eigenvalue weighted by Gasteiger charge is 2.10. The van der Waals surface area contributed by atoms with Crippen LogP contribution in [0.4, 0.5) is 0 Å². The molecule has 122 valence electrons. The third-order valence-electron chi connectivity index (χ3n) is 4.26. The number of amides is 1. The zero-order valence-corrected chi connectivity index (χ0v) is 13.6. The largest absolute Gasteiger partial charge is 0.496 e. The number of rotatable bonds is 7. The number of para-hydroxylation sites is 1. The Labute approximate surface area is 133 Å². The van der Waals surface area contributed by atoms with E-state index in [0.29, 0.717) is 13.0 Å². The molecule has 0 saturated carbocycles. The molecule has 1 heterocycles. The molecule has 0 atom stereocenters. The maximum absolute atomic E-state index is 11.9. The van der Waals surface area contributed by atoms with Gasteiger partial charge in [-0.15, -0.1) is 0 Å². The van der Waals surface area contributed by atoms with Gasteiger partial charge >= 0.3 is 0 Å². The maximum Gasteiger partial charge on any atom is 0.221 e. The van der Waals surface area contributed by atoms with Crippen LogP contribution in [0.1, 0.15) is 37.7 Å². The number of ether oxygens (including phenoxy) is 1. The number of likely N-dealkylation sites (tertiary alicyclic amines) is 1. The second kappa shape index (κ2) is 9.46. The summed E-state index contributed by atoms with van der Waals surface area (Å²) in [6, 6.07) is 7.96. The number of nitrogens with one attached hydrogen (secondary N) is 1. The van der Waals surface area contributed by atoms with Crippen molar-refractivity contribution in [3.05, 3.63) is 29.8 Å². The van der Waals surface area contributed by atoms with Gasteiger partial charge in [0.15, 0.2) is 0 Å². The molecule has 1 amide bonds. The molecule has 1 aromatic carbocycles. The van der Waals surface area contributed by atoms with Crippen LogP contribution in [-0.4, -0.2) is 44.1 Å². The monoisotopic (exact) mass is 304 g/mol. The summed E-state index contributed by atoms with van der Waals surface area (Å²) in [6.45, 7) is 3.85. The second-order valence-electron chi connectivity index (χ2n) is 5.92. The third kappa shape index (κ3) is 5.68. The average molecular weight is 304 g/mol. The fourth-order valence-electron chi connectivity index (χ4n) is 2.95. The van der Waals surface area contributed by atoms with E-state index in [4.69, 9.17) is 4.74 Å². The molecule has 2 rings (SSSR count). The Morgan fingerprint density at radius 1 is 1.18 bits per heavy atom. The number of nitrogens with zero attached hydrogens (tertiary/aromatic N) is 1. The lowest BCUT2D eigenvalue weighted by Crippen LogP contribution is -2.32. The first-order valence-electron chi connectivity index (χ1n) is 8.40. The van der Waals surface area contributed by atoms with Crippen LogP contribution in [0.5, 0.6) is 5.75 Å². The number of carbonyl (C=O) groups excluding carboxylic acids is 1. The van der Waals surface area contributed by atoms with E-state index in [9.17, 15) is 4.79 Å². The van der Waals surface area contributed by atoms with E-state index in [-0.39, 0.29) is 5.91 Å². The first-order chi connectivity index (χ1) is 10.8. The van der Waals surface area contributed by atoms with Crippen molar-refractivity contribution in [3.8, 4) is 5.75 Å². The molecule has 1 N–H and O–H groups in total. The van der Waals surface area contributed by atoms with E-state index in [0.717, 1.165) is 37.4 Å². The van der Waals surface area contributed by atoms with Crippen molar-refractivity contribution in [1.29, 1.82) is 0 Å². The molecule has 1 aliphatic rings. The number of benzene rings is 1. The highest BCUT2D eigenvalue weighted by molar-refractivity contribution is 5.76. The molecular weight excluding hydrogens is 276 g/mol. The predicted octanol–water partition coefficient (Wildman–Crippen LogP) is 2.62. The lowest BCUT2D eigenvalue weighted by atomic mass is 10.1. The first kappa shape index (κ1) is 16.8. The van der Waals surface area contributed by atoms with E-state index in [1.54, 1.807) is 7.11 Å². The van der Waals surface area contributed by atoms with Crippen molar-refractivity contribution in [2.24, 2.45) is 0 Å². The topological polar surface area (TPSA) is 41.6 Å². The minimum absolute atomic E-state index is 0.152. The fourth-order valence-corrected chi connectivity index (χ4v) is 2.95. The van der Waals surface area contributed by atoms with Gasteiger partial charge in [0.25, 0.3) is 0 Å². The minimum Gasteiger partial charge on any atom is -0.496 e. The van der Waals surface area contributed by atoms with Crippen molar-refractivity contribution in [3.63, 3.8) is 0 Å². The summed E-state index contributed by atoms with van der Waals surface area (Å²) >= 11 is 0. The van der Waals surface area contributed by atoms with E-state index in [1.165, 1.54) is 25.7 Å². The molecule has 1 aliphatic heterocycles. The number of methoxy groups -OCH3 is 1. The predicted molar refractivity (Wildman–Crippen MR) is 89.2 cm³/mol. The fraction of sp³-hybridized carbons (Fsp3) is 0.611. The van der Waals surface area contributed by atoms with Gasteiger partial charge in [0, 0.05) is 19.5 Å². The van der Waals surface area contributed by atoms with Crippen LogP contribution >= 0.6 is 0 Å². The van der Waals surface area contributed by atoms with Gasteiger partial charge in [-0.1, -0.05) is 31.0 Å². The molecule has 0 aliphatic carbocycles. The summed E-state index contributed by atoms with van der Waals surface area (Å²) < 4.78 is 5.32. The summed E-state index contributed by atoms with van der Waals surface area (Å²) in [5, 5.41) is 3.02. The molecule has 1 saturated heterocycles. The molecule has 1 fully saturated rings. The third-order valence-corrected chi connectivity index (χ3v) is 4.26. The van der Waals surface area contributed by atoms with Gasteiger partial charge in [-0.2, -0.15) is 0 Å². The van der Waals surface area contributed by atoms with Gasteiger partial charge in [-0.3, -0.25) is 4.79 Å². The summed E-state index contributed by atoms with van der Waals surface area (Å²) in [4.78, 5) is 14.4. The van der Waals surface area contributed by atoms with Gasteiger partial charge in [0.1, 0.15) is 5.75 Å². The van der Waals surface area contributed by atoms with Crippen molar-refractivity contribution < 1.29 is 9.53 Å². The van der Waals surface area contributed by atoms with E-state index >= 15 is 0 Å². The summed E-state index contributed by atoms with van der Waals surface area (Å²) in [5.41, 5.74) is 1.14. The molecule has 4 nitrogen and oxygen atoms in total. The Hall–Kier alpha value is -1.55. The van der Waals surface area contributed by atoms with Crippen LogP contribution in [-0.2, 0) is 11.2 Å². The van der Waals surface area contributed by atoms with Gasteiger partial charge in [0.2, 0.25) is 5.91 Å². The van der Waals surface area contributed by atoms with Crippen molar-refractivity contribution in [2.45, 2.75) is 38.5 Å². The lowest BCUT2D eigenvalue weighted by Gasteiger charge is -2.19. The zero-order valence-electron chi connectivity index (χ0n) is 13.6. The molecule has 0 unspecified atom stereocenters.